The van der Waals surface area contributed by atoms with Crippen LogP contribution in [0.25, 0.3) is 10.2 Å². The van der Waals surface area contributed by atoms with Crippen LogP contribution in [0.4, 0.5) is 0 Å². The molecule has 3 rings (SSSR count). The molecule has 0 saturated carbocycles. The zero-order valence-corrected chi connectivity index (χ0v) is 16.6. The number of thiophene rings is 1. The number of rotatable bonds is 5. The van der Waals surface area contributed by atoms with E-state index in [-0.39, 0.29) is 11.9 Å². The number of aromatic nitrogens is 2. The summed E-state index contributed by atoms with van der Waals surface area (Å²) in [4.78, 5) is 25.5. The molecule has 0 bridgehead atoms. The van der Waals surface area contributed by atoms with Crippen molar-refractivity contribution in [2.75, 3.05) is 27.3 Å². The van der Waals surface area contributed by atoms with Gasteiger partial charge < -0.3 is 20.1 Å². The second kappa shape index (κ2) is 7.85. The summed E-state index contributed by atoms with van der Waals surface area (Å²) in [5.74, 6) is 1.66. The van der Waals surface area contributed by atoms with Gasteiger partial charge in [0.2, 0.25) is 5.88 Å². The van der Waals surface area contributed by atoms with Crippen molar-refractivity contribution in [3.8, 4) is 5.88 Å². The molecule has 2 N–H and O–H groups in total. The number of likely N-dealkylation sites (tertiary alicyclic amines) is 1. The van der Waals surface area contributed by atoms with Gasteiger partial charge in [-0.1, -0.05) is 6.92 Å². The molecule has 1 fully saturated rings. The van der Waals surface area contributed by atoms with Crippen molar-refractivity contribution in [2.24, 2.45) is 11.7 Å². The molecule has 2 aromatic rings. The number of fused-ring (bicyclic) bond motifs is 1. The van der Waals surface area contributed by atoms with Gasteiger partial charge in [0.1, 0.15) is 11.4 Å². The molecule has 2 aromatic heterocycles. The molecule has 0 aliphatic carbocycles. The van der Waals surface area contributed by atoms with E-state index in [4.69, 9.17) is 15.2 Å². The molecule has 2 atom stereocenters. The molecular formula is C18H26N4O3S. The first kappa shape index (κ1) is 19.0. The summed E-state index contributed by atoms with van der Waals surface area (Å²) >= 11 is 1.39. The Bertz CT molecular complexity index is 807. The predicted octanol–water partition coefficient (Wildman–Crippen LogP) is 2.35. The third-order valence-electron chi connectivity index (χ3n) is 4.98. The maximum Gasteiger partial charge on any atom is 0.264 e. The van der Waals surface area contributed by atoms with Crippen LogP contribution in [0.3, 0.4) is 0 Å². The number of hydrogen-bond donors (Lipinski definition) is 1. The smallest absolute Gasteiger partial charge is 0.264 e. The molecule has 7 nitrogen and oxygen atoms in total. The molecule has 26 heavy (non-hydrogen) atoms. The minimum Gasteiger partial charge on any atom is -0.480 e. The van der Waals surface area contributed by atoms with Gasteiger partial charge >= 0.3 is 0 Å². The van der Waals surface area contributed by atoms with E-state index in [2.05, 4.69) is 16.9 Å². The molecule has 1 aliphatic heterocycles. The third kappa shape index (κ3) is 3.41. The number of carbonyl (C=O) groups excluding carboxylic acids is 1. The van der Waals surface area contributed by atoms with Crippen molar-refractivity contribution in [3.63, 3.8) is 0 Å². The van der Waals surface area contributed by atoms with Gasteiger partial charge in [0, 0.05) is 26.2 Å². The Balaban J connectivity index is 2.02. The lowest BCUT2D eigenvalue weighted by Gasteiger charge is -2.37. The number of nitrogens with zero attached hydrogens (tertiary/aromatic N) is 3. The topological polar surface area (TPSA) is 90.6 Å². The number of aryl methyl sites for hydroxylation is 1. The van der Waals surface area contributed by atoms with Crippen molar-refractivity contribution in [3.05, 3.63) is 16.3 Å². The van der Waals surface area contributed by atoms with Gasteiger partial charge in [0.05, 0.1) is 17.4 Å². The first-order chi connectivity index (χ1) is 12.5. The van der Waals surface area contributed by atoms with Crippen LogP contribution in [0.2, 0.25) is 0 Å². The van der Waals surface area contributed by atoms with E-state index in [9.17, 15) is 4.79 Å². The van der Waals surface area contributed by atoms with Gasteiger partial charge in [-0.3, -0.25) is 4.79 Å². The maximum atomic E-state index is 13.2. The van der Waals surface area contributed by atoms with E-state index in [1.54, 1.807) is 14.2 Å². The Morgan fingerprint density at radius 2 is 2.15 bits per heavy atom. The van der Waals surface area contributed by atoms with Crippen LogP contribution in [0.5, 0.6) is 5.88 Å². The first-order valence-electron chi connectivity index (χ1n) is 8.84. The molecule has 1 amide bonds. The average molecular weight is 378 g/mol. The Kier molecular flexibility index (Phi) is 5.74. The molecule has 0 radical (unpaired) electrons. The fraction of sp³-hybridized carbons (Fsp3) is 0.611. The highest BCUT2D eigenvalue weighted by atomic mass is 32.1. The Morgan fingerprint density at radius 1 is 1.38 bits per heavy atom. The monoisotopic (exact) mass is 378 g/mol. The number of methoxy groups -OCH3 is 2. The predicted molar refractivity (Wildman–Crippen MR) is 102 cm³/mol. The molecule has 142 valence electrons. The first-order valence-corrected chi connectivity index (χ1v) is 9.65. The zero-order chi connectivity index (χ0) is 18.8. The number of amides is 1. The van der Waals surface area contributed by atoms with E-state index in [1.165, 1.54) is 11.3 Å². The molecule has 8 heteroatoms. The summed E-state index contributed by atoms with van der Waals surface area (Å²) in [6.07, 6.45) is 1.96. The molecule has 1 saturated heterocycles. The second-order valence-corrected chi connectivity index (χ2v) is 7.84. The van der Waals surface area contributed by atoms with Crippen molar-refractivity contribution >= 4 is 27.5 Å². The van der Waals surface area contributed by atoms with E-state index < -0.39 is 0 Å². The maximum absolute atomic E-state index is 13.2. The van der Waals surface area contributed by atoms with Gasteiger partial charge in [-0.15, -0.1) is 11.3 Å². The SMILES string of the molecule is COCc1nc(OC)c2c(C)c(C(=O)N3CCC(C)CC3CN)sc2n1. The summed E-state index contributed by atoms with van der Waals surface area (Å²) in [5, 5.41) is 0.801. The minimum atomic E-state index is 0.0307. The highest BCUT2D eigenvalue weighted by Crippen LogP contribution is 2.36. The third-order valence-corrected chi connectivity index (χ3v) is 6.15. The minimum absolute atomic E-state index is 0.0307. The van der Waals surface area contributed by atoms with Crippen molar-refractivity contribution < 1.29 is 14.3 Å². The van der Waals surface area contributed by atoms with Gasteiger partial charge in [-0.2, -0.15) is 4.98 Å². The van der Waals surface area contributed by atoms with Crippen LogP contribution >= 0.6 is 11.3 Å². The molecule has 2 unspecified atom stereocenters. The summed E-state index contributed by atoms with van der Waals surface area (Å²) in [5.41, 5.74) is 6.80. The molecular weight excluding hydrogens is 352 g/mol. The van der Waals surface area contributed by atoms with Crippen LogP contribution in [0.1, 0.15) is 40.8 Å². The molecule has 3 heterocycles. The normalized spacial score (nSPS) is 20.6. The van der Waals surface area contributed by atoms with Crippen LogP contribution in [0.15, 0.2) is 0 Å². The van der Waals surface area contributed by atoms with Crippen molar-refractivity contribution in [2.45, 2.75) is 39.3 Å². The van der Waals surface area contributed by atoms with E-state index >= 15 is 0 Å². The summed E-state index contributed by atoms with van der Waals surface area (Å²) in [6.45, 7) is 5.67. The Hall–Kier alpha value is -1.77. The van der Waals surface area contributed by atoms with Gasteiger partial charge in [-0.05, 0) is 31.2 Å². The summed E-state index contributed by atoms with van der Waals surface area (Å²) in [7, 11) is 3.17. The van der Waals surface area contributed by atoms with Crippen molar-refractivity contribution in [1.82, 2.24) is 14.9 Å². The van der Waals surface area contributed by atoms with E-state index in [0.717, 1.165) is 35.2 Å². The van der Waals surface area contributed by atoms with Crippen LogP contribution < -0.4 is 10.5 Å². The fourth-order valence-corrected chi connectivity index (χ4v) is 4.71. The van der Waals surface area contributed by atoms with Crippen LogP contribution in [-0.2, 0) is 11.3 Å². The number of piperidine rings is 1. The van der Waals surface area contributed by atoms with Crippen LogP contribution in [0, 0.1) is 12.8 Å². The summed E-state index contributed by atoms with van der Waals surface area (Å²) < 4.78 is 10.6. The van der Waals surface area contributed by atoms with E-state index in [1.807, 2.05) is 11.8 Å². The van der Waals surface area contributed by atoms with Gasteiger partial charge in [0.25, 0.3) is 5.91 Å². The lowest BCUT2D eigenvalue weighted by Crippen LogP contribution is -2.49. The molecule has 0 aromatic carbocycles. The highest BCUT2D eigenvalue weighted by Gasteiger charge is 2.32. The standard InChI is InChI=1S/C18H26N4O3S/c1-10-5-6-22(12(7-10)8-19)18(23)15-11(2)14-16(25-4)20-13(9-24-3)21-17(14)26-15/h10,12H,5-9,19H2,1-4H3. The summed E-state index contributed by atoms with van der Waals surface area (Å²) in [6, 6.07) is 0.0906. The lowest BCUT2D eigenvalue weighted by molar-refractivity contribution is 0.0578. The molecule has 0 spiro atoms. The zero-order valence-electron chi connectivity index (χ0n) is 15.7. The van der Waals surface area contributed by atoms with Gasteiger partial charge in [-0.25, -0.2) is 4.98 Å². The molecule has 1 aliphatic rings. The number of hydrogen-bond acceptors (Lipinski definition) is 7. The largest absolute Gasteiger partial charge is 0.480 e. The quantitative estimate of drug-likeness (QED) is 0.859. The fourth-order valence-electron chi connectivity index (χ4n) is 3.56. The van der Waals surface area contributed by atoms with Crippen molar-refractivity contribution in [1.29, 1.82) is 0 Å². The Labute approximate surface area is 157 Å². The number of nitrogens with two attached hydrogens (primary N) is 1. The van der Waals surface area contributed by atoms with Crippen LogP contribution in [-0.4, -0.2) is 54.1 Å². The highest BCUT2D eigenvalue weighted by molar-refractivity contribution is 7.20. The number of ether oxygens (including phenoxy) is 2. The Morgan fingerprint density at radius 3 is 2.81 bits per heavy atom. The lowest BCUT2D eigenvalue weighted by atomic mass is 9.92. The average Bonchev–Trinajstić information content (AvgIpc) is 2.97. The van der Waals surface area contributed by atoms with Gasteiger partial charge in [0.15, 0.2) is 5.82 Å². The second-order valence-electron chi connectivity index (χ2n) is 6.84. The number of carbonyl (C=O) groups is 1. The van der Waals surface area contributed by atoms with E-state index in [0.29, 0.717) is 35.7 Å².